The maximum Gasteiger partial charge on any atom is 0.418 e. The molecule has 0 bridgehead atoms. The lowest BCUT2D eigenvalue weighted by Gasteiger charge is -2.23. The van der Waals surface area contributed by atoms with E-state index >= 15 is 0 Å². The minimum Gasteiger partial charge on any atom is -0.482 e. The van der Waals surface area contributed by atoms with Crippen molar-refractivity contribution in [1.29, 1.82) is 0 Å². The molecule has 11 heteroatoms. The summed E-state index contributed by atoms with van der Waals surface area (Å²) < 4.78 is 45.9. The van der Waals surface area contributed by atoms with Gasteiger partial charge in [-0.1, -0.05) is 26.8 Å². The van der Waals surface area contributed by atoms with Crippen molar-refractivity contribution < 1.29 is 27.8 Å². The number of hydrogen-bond acceptors (Lipinski definition) is 7. The summed E-state index contributed by atoms with van der Waals surface area (Å²) in [7, 11) is 0. The lowest BCUT2D eigenvalue weighted by molar-refractivity contribution is -0.139. The first kappa shape index (κ1) is 24.8. The second-order valence-electron chi connectivity index (χ2n) is 8.98. The van der Waals surface area contributed by atoms with Gasteiger partial charge in [-0.2, -0.15) is 13.2 Å². The number of rotatable bonds is 6. The molecule has 0 radical (unpaired) electrons. The number of aromatic nitrogens is 4. The van der Waals surface area contributed by atoms with Crippen molar-refractivity contribution in [1.82, 2.24) is 19.9 Å². The normalized spacial score (nSPS) is 11.9. The van der Waals surface area contributed by atoms with Gasteiger partial charge in [-0.15, -0.1) is 0 Å². The molecule has 0 unspecified atom stereocenters. The molecule has 3 heterocycles. The molecule has 2 N–H and O–H groups in total. The van der Waals surface area contributed by atoms with Crippen LogP contribution in [0.3, 0.4) is 0 Å². The third-order valence-electron chi connectivity index (χ3n) is 5.27. The fourth-order valence-electron chi connectivity index (χ4n) is 3.64. The summed E-state index contributed by atoms with van der Waals surface area (Å²) in [6.45, 7) is 5.44. The zero-order valence-corrected chi connectivity index (χ0v) is 19.6. The minimum absolute atomic E-state index is 0.166. The average molecular weight is 497 g/mol. The molecule has 0 atom stereocenters. The van der Waals surface area contributed by atoms with Crippen molar-refractivity contribution in [2.75, 3.05) is 11.9 Å². The van der Waals surface area contributed by atoms with Gasteiger partial charge in [0, 0.05) is 29.7 Å². The average Bonchev–Trinajstić information content (AvgIpc) is 2.81. The van der Waals surface area contributed by atoms with E-state index in [2.05, 4.69) is 25.3 Å². The Labute approximate surface area is 204 Å². The molecule has 3 aromatic heterocycles. The molecule has 0 saturated heterocycles. The lowest BCUT2D eigenvalue weighted by atomic mass is 9.86. The van der Waals surface area contributed by atoms with E-state index in [9.17, 15) is 18.0 Å². The number of pyridine rings is 2. The second-order valence-corrected chi connectivity index (χ2v) is 8.98. The van der Waals surface area contributed by atoms with Gasteiger partial charge in [0.1, 0.15) is 17.6 Å². The first-order valence-corrected chi connectivity index (χ1v) is 10.8. The van der Waals surface area contributed by atoms with Crippen molar-refractivity contribution in [2.45, 2.75) is 32.4 Å². The third kappa shape index (κ3) is 5.35. The van der Waals surface area contributed by atoms with Gasteiger partial charge in [0.05, 0.1) is 16.8 Å². The van der Waals surface area contributed by atoms with E-state index in [0.29, 0.717) is 28.3 Å². The van der Waals surface area contributed by atoms with Crippen LogP contribution in [-0.2, 0) is 16.4 Å². The largest absolute Gasteiger partial charge is 0.482 e. The molecule has 0 saturated carbocycles. The number of fused-ring (bicyclic) bond motifs is 1. The van der Waals surface area contributed by atoms with Crippen molar-refractivity contribution in [3.63, 3.8) is 0 Å². The van der Waals surface area contributed by atoms with E-state index in [4.69, 9.17) is 9.84 Å². The van der Waals surface area contributed by atoms with Crippen LogP contribution in [0.4, 0.5) is 24.7 Å². The van der Waals surface area contributed by atoms with Crippen molar-refractivity contribution in [2.24, 2.45) is 0 Å². The van der Waals surface area contributed by atoms with Crippen molar-refractivity contribution in [3.8, 4) is 17.0 Å². The number of halogens is 3. The standard InChI is InChI=1S/C25H22F3N5O3/c1-24(2,3)16-7-6-15(10-19(16)36-12-20(34)35)33-23-22-18(31-13-32-23)9-14(11-30-22)21-17(25(26,27)28)5-4-8-29-21/h4-11,13H,12H2,1-3H3,(H,34,35)(H,31,32,33). The number of anilines is 2. The Morgan fingerprint density at radius 2 is 1.81 bits per heavy atom. The number of carbonyl (C=O) groups is 1. The lowest BCUT2D eigenvalue weighted by Crippen LogP contribution is -2.16. The number of nitrogens with zero attached hydrogens (tertiary/aromatic N) is 4. The van der Waals surface area contributed by atoms with Gasteiger partial charge >= 0.3 is 12.1 Å². The molecule has 186 valence electrons. The number of hydrogen-bond donors (Lipinski definition) is 2. The number of ether oxygens (including phenoxy) is 1. The Morgan fingerprint density at radius 3 is 2.50 bits per heavy atom. The Bertz CT molecular complexity index is 1430. The molecule has 0 aliphatic rings. The van der Waals surface area contributed by atoms with Crippen molar-refractivity contribution >= 4 is 28.5 Å². The van der Waals surface area contributed by atoms with E-state index in [1.807, 2.05) is 26.8 Å². The smallest absolute Gasteiger partial charge is 0.418 e. The van der Waals surface area contributed by atoms with Crippen LogP contribution in [0.1, 0.15) is 31.9 Å². The molecule has 0 aliphatic carbocycles. The van der Waals surface area contributed by atoms with Crippen LogP contribution in [0.2, 0.25) is 0 Å². The second kappa shape index (κ2) is 9.40. The first-order chi connectivity index (χ1) is 16.9. The van der Waals surface area contributed by atoms with Gasteiger partial charge in [0.2, 0.25) is 0 Å². The van der Waals surface area contributed by atoms with Gasteiger partial charge in [-0.3, -0.25) is 4.98 Å². The number of benzene rings is 1. The fraction of sp³-hybridized carbons (Fsp3) is 0.240. The summed E-state index contributed by atoms with van der Waals surface area (Å²) in [6, 6.07) is 8.94. The zero-order valence-electron chi connectivity index (χ0n) is 19.6. The number of carboxylic acids is 1. The van der Waals surface area contributed by atoms with Gasteiger partial charge < -0.3 is 15.2 Å². The van der Waals surface area contributed by atoms with Crippen LogP contribution in [-0.4, -0.2) is 37.6 Å². The minimum atomic E-state index is -4.57. The maximum absolute atomic E-state index is 13.4. The first-order valence-electron chi connectivity index (χ1n) is 10.8. The zero-order chi connectivity index (χ0) is 26.1. The Kier molecular flexibility index (Phi) is 6.49. The highest BCUT2D eigenvalue weighted by Crippen LogP contribution is 2.37. The predicted molar refractivity (Wildman–Crippen MR) is 127 cm³/mol. The summed E-state index contributed by atoms with van der Waals surface area (Å²) in [6.07, 6.45) is -0.729. The quantitative estimate of drug-likeness (QED) is 0.354. The molecule has 4 aromatic rings. The summed E-state index contributed by atoms with van der Waals surface area (Å²) in [5.41, 5.74) is 0.776. The molecule has 0 aliphatic heterocycles. The van der Waals surface area contributed by atoms with E-state index < -0.39 is 24.3 Å². The molecule has 36 heavy (non-hydrogen) atoms. The highest BCUT2D eigenvalue weighted by molar-refractivity contribution is 5.89. The molecular formula is C25H22F3N5O3. The molecule has 0 spiro atoms. The van der Waals surface area contributed by atoms with Crippen LogP contribution in [0.15, 0.2) is 55.1 Å². The van der Waals surface area contributed by atoms with E-state index in [-0.39, 0.29) is 16.7 Å². The van der Waals surface area contributed by atoms with E-state index in [0.717, 1.165) is 11.6 Å². The predicted octanol–water partition coefficient (Wildman–Crippen LogP) is 5.61. The number of nitrogens with one attached hydrogen (secondary N) is 1. The highest BCUT2D eigenvalue weighted by Gasteiger charge is 2.34. The summed E-state index contributed by atoms with van der Waals surface area (Å²) in [4.78, 5) is 27.6. The third-order valence-corrected chi connectivity index (χ3v) is 5.27. The van der Waals surface area contributed by atoms with Crippen LogP contribution < -0.4 is 10.1 Å². The van der Waals surface area contributed by atoms with Gasteiger partial charge in [0.25, 0.3) is 0 Å². The molecule has 8 nitrogen and oxygen atoms in total. The van der Waals surface area contributed by atoms with Crippen LogP contribution in [0, 0.1) is 0 Å². The Hall–Kier alpha value is -4.28. The Balaban J connectivity index is 1.71. The van der Waals surface area contributed by atoms with E-state index in [1.54, 1.807) is 12.1 Å². The number of carboxylic acid groups (broad SMARTS) is 1. The molecule has 1 aromatic carbocycles. The molecule has 0 amide bonds. The van der Waals surface area contributed by atoms with Crippen molar-refractivity contribution in [3.05, 3.63) is 66.2 Å². The van der Waals surface area contributed by atoms with E-state index in [1.165, 1.54) is 30.9 Å². The van der Waals surface area contributed by atoms with Gasteiger partial charge in [-0.25, -0.2) is 19.7 Å². The monoisotopic (exact) mass is 497 g/mol. The Morgan fingerprint density at radius 1 is 1.03 bits per heavy atom. The molecular weight excluding hydrogens is 475 g/mol. The van der Waals surface area contributed by atoms with Crippen LogP contribution in [0.5, 0.6) is 5.75 Å². The fourth-order valence-corrected chi connectivity index (χ4v) is 3.64. The summed E-state index contributed by atoms with van der Waals surface area (Å²) in [5, 5.41) is 12.1. The maximum atomic E-state index is 13.4. The van der Waals surface area contributed by atoms with Gasteiger partial charge in [-0.05, 0) is 35.2 Å². The van der Waals surface area contributed by atoms with Crippen LogP contribution >= 0.6 is 0 Å². The SMILES string of the molecule is CC(C)(C)c1ccc(Nc2ncnc3cc(-c4ncccc4C(F)(F)F)cnc23)cc1OCC(=O)O. The summed E-state index contributed by atoms with van der Waals surface area (Å²) in [5.74, 6) is -0.383. The highest BCUT2D eigenvalue weighted by atomic mass is 19.4. The molecule has 4 rings (SSSR count). The molecule has 0 fully saturated rings. The summed E-state index contributed by atoms with van der Waals surface area (Å²) >= 11 is 0. The van der Waals surface area contributed by atoms with Crippen LogP contribution in [0.25, 0.3) is 22.3 Å². The number of alkyl halides is 3. The topological polar surface area (TPSA) is 110 Å². The number of aliphatic carboxylic acids is 1. The van der Waals surface area contributed by atoms with Gasteiger partial charge in [0.15, 0.2) is 12.4 Å².